The fraction of sp³-hybridized carbons (Fsp3) is 0.300. The molecule has 0 aliphatic heterocycles. The van der Waals surface area contributed by atoms with Gasteiger partial charge in [-0.15, -0.1) is 0 Å². The summed E-state index contributed by atoms with van der Waals surface area (Å²) >= 11 is -1.62. The molecule has 0 aliphatic rings. The Morgan fingerprint density at radius 1 is 0.970 bits per heavy atom. The predicted octanol–water partition coefficient (Wildman–Crippen LogP) is 3.90. The van der Waals surface area contributed by atoms with Crippen molar-refractivity contribution in [2.24, 2.45) is 0 Å². The lowest BCUT2D eigenvalue weighted by Gasteiger charge is -2.15. The Morgan fingerprint density at radius 3 is 2.03 bits per heavy atom. The first-order valence-corrected chi connectivity index (χ1v) is 11.9. The molecular weight excluding hydrogens is 487 g/mol. The minimum absolute atomic E-state index is 0.109. The van der Waals surface area contributed by atoms with E-state index in [9.17, 15) is 26.1 Å². The lowest BCUT2D eigenvalue weighted by atomic mass is 10.1. The van der Waals surface area contributed by atoms with Gasteiger partial charge in [-0.05, 0) is 23.3 Å². The van der Waals surface area contributed by atoms with Crippen LogP contribution >= 0.6 is 0 Å². The van der Waals surface area contributed by atoms with Crippen molar-refractivity contribution in [2.75, 3.05) is 33.2 Å². The number of anilines is 1. The van der Waals surface area contributed by atoms with Gasteiger partial charge in [0.2, 0.25) is 0 Å². The Hall–Kier alpha value is -2.77. The SMILES string of the molecule is COc1cc(OC)c(/C=C/[S+]([O-])Cc2ccc(OC)c(NS(=O)(=O)C(F)(F)F)c2)c(OC)c1. The summed E-state index contributed by atoms with van der Waals surface area (Å²) in [6.07, 6.45) is 1.52. The molecule has 2 rings (SSSR count). The minimum Gasteiger partial charge on any atom is -0.612 e. The lowest BCUT2D eigenvalue weighted by molar-refractivity contribution is -0.0429. The molecule has 33 heavy (non-hydrogen) atoms. The smallest absolute Gasteiger partial charge is 0.516 e. The van der Waals surface area contributed by atoms with Gasteiger partial charge in [-0.1, -0.05) is 6.07 Å². The van der Waals surface area contributed by atoms with Crippen LogP contribution < -0.4 is 23.7 Å². The van der Waals surface area contributed by atoms with Gasteiger partial charge in [0.25, 0.3) is 0 Å². The summed E-state index contributed by atoms with van der Waals surface area (Å²) in [5.41, 5.74) is -5.11. The van der Waals surface area contributed by atoms with Crippen LogP contribution in [0.4, 0.5) is 18.9 Å². The number of hydrogen-bond acceptors (Lipinski definition) is 7. The Kier molecular flexibility index (Phi) is 8.75. The second kappa shape index (κ2) is 10.9. The van der Waals surface area contributed by atoms with Gasteiger partial charge in [0, 0.05) is 23.8 Å². The maximum Gasteiger partial charge on any atom is 0.516 e. The third kappa shape index (κ3) is 6.62. The number of halogens is 3. The molecule has 0 aromatic heterocycles. The molecule has 1 atom stereocenters. The molecule has 182 valence electrons. The molecule has 0 fully saturated rings. The number of nitrogens with one attached hydrogen (secondary N) is 1. The maximum absolute atomic E-state index is 12.7. The second-order valence-electron chi connectivity index (χ2n) is 6.36. The Balaban J connectivity index is 2.28. The number of methoxy groups -OCH3 is 4. The van der Waals surface area contributed by atoms with Crippen molar-refractivity contribution >= 4 is 33.0 Å². The third-order valence-electron chi connectivity index (χ3n) is 4.26. The minimum atomic E-state index is -5.65. The van der Waals surface area contributed by atoms with E-state index in [1.807, 2.05) is 0 Å². The van der Waals surface area contributed by atoms with E-state index in [-0.39, 0.29) is 11.5 Å². The molecule has 2 aromatic carbocycles. The average molecular weight is 510 g/mol. The van der Waals surface area contributed by atoms with Crippen molar-refractivity contribution in [1.82, 2.24) is 0 Å². The lowest BCUT2D eigenvalue weighted by Crippen LogP contribution is -2.30. The molecule has 1 unspecified atom stereocenters. The van der Waals surface area contributed by atoms with Crippen LogP contribution in [-0.2, 0) is 27.0 Å². The van der Waals surface area contributed by atoms with Crippen molar-refractivity contribution in [2.45, 2.75) is 11.3 Å². The van der Waals surface area contributed by atoms with Gasteiger partial charge >= 0.3 is 15.5 Å². The van der Waals surface area contributed by atoms with Crippen LogP contribution in [0, 0.1) is 0 Å². The molecule has 2 aromatic rings. The van der Waals surface area contributed by atoms with E-state index >= 15 is 0 Å². The van der Waals surface area contributed by atoms with Crippen molar-refractivity contribution in [3.05, 3.63) is 46.9 Å². The number of rotatable bonds is 10. The van der Waals surface area contributed by atoms with Crippen LogP contribution in [0.2, 0.25) is 0 Å². The highest BCUT2D eigenvalue weighted by atomic mass is 32.2. The van der Waals surface area contributed by atoms with Gasteiger partial charge < -0.3 is 23.5 Å². The van der Waals surface area contributed by atoms with Crippen LogP contribution in [0.15, 0.2) is 35.7 Å². The average Bonchev–Trinajstić information content (AvgIpc) is 2.76. The predicted molar refractivity (Wildman–Crippen MR) is 119 cm³/mol. The van der Waals surface area contributed by atoms with E-state index in [0.29, 0.717) is 28.4 Å². The van der Waals surface area contributed by atoms with Gasteiger partial charge in [0.05, 0.1) is 39.7 Å². The van der Waals surface area contributed by atoms with E-state index < -0.39 is 32.4 Å². The Labute approximate surface area is 192 Å². The zero-order chi connectivity index (χ0) is 24.8. The zero-order valence-electron chi connectivity index (χ0n) is 18.1. The van der Waals surface area contributed by atoms with Crippen LogP contribution in [0.25, 0.3) is 6.08 Å². The molecule has 0 aliphatic carbocycles. The topological polar surface area (TPSA) is 106 Å². The quantitative estimate of drug-likeness (QED) is 0.484. The van der Waals surface area contributed by atoms with E-state index in [2.05, 4.69) is 0 Å². The molecule has 0 radical (unpaired) electrons. The zero-order valence-corrected chi connectivity index (χ0v) is 19.7. The molecule has 0 saturated carbocycles. The standard InChI is InChI=1S/C20H22F3NO7S2/c1-28-14-10-18(30-3)15(19(11-14)31-4)7-8-32(25)12-13-5-6-17(29-2)16(9-13)24-33(26,27)20(21,22)23/h5-11,24H,12H2,1-4H3/b8-7+. The van der Waals surface area contributed by atoms with Gasteiger partial charge in [0.15, 0.2) is 0 Å². The summed E-state index contributed by atoms with van der Waals surface area (Å²) in [5, 5.41) is 1.36. The monoisotopic (exact) mass is 509 g/mol. The van der Waals surface area contributed by atoms with Gasteiger partial charge in [-0.2, -0.15) is 21.6 Å². The molecule has 13 heteroatoms. The Morgan fingerprint density at radius 2 is 1.55 bits per heavy atom. The molecule has 0 bridgehead atoms. The molecule has 0 spiro atoms. The van der Waals surface area contributed by atoms with E-state index in [1.165, 1.54) is 56.8 Å². The summed E-state index contributed by atoms with van der Waals surface area (Å²) in [5.74, 6) is 1.08. The number of benzene rings is 2. The third-order valence-corrected chi connectivity index (χ3v) is 6.42. The first-order valence-electron chi connectivity index (χ1n) is 9.07. The summed E-state index contributed by atoms with van der Waals surface area (Å²) in [7, 11) is -0.0979. The van der Waals surface area contributed by atoms with Crippen LogP contribution in [-0.4, -0.2) is 46.9 Å². The molecule has 0 amide bonds. The van der Waals surface area contributed by atoms with Crippen LogP contribution in [0.1, 0.15) is 11.1 Å². The van der Waals surface area contributed by atoms with Crippen LogP contribution in [0.5, 0.6) is 23.0 Å². The first kappa shape index (κ1) is 26.5. The highest BCUT2D eigenvalue weighted by Gasteiger charge is 2.46. The second-order valence-corrected chi connectivity index (χ2v) is 9.36. The van der Waals surface area contributed by atoms with Gasteiger partial charge in [0.1, 0.15) is 34.2 Å². The fourth-order valence-electron chi connectivity index (χ4n) is 2.68. The fourth-order valence-corrected chi connectivity index (χ4v) is 4.14. The van der Waals surface area contributed by atoms with E-state index in [4.69, 9.17) is 18.9 Å². The molecule has 1 N–H and O–H groups in total. The highest BCUT2D eigenvalue weighted by Crippen LogP contribution is 2.36. The van der Waals surface area contributed by atoms with Crippen molar-refractivity contribution in [1.29, 1.82) is 0 Å². The largest absolute Gasteiger partial charge is 0.612 e. The number of alkyl halides is 3. The van der Waals surface area contributed by atoms with E-state index in [1.54, 1.807) is 12.1 Å². The summed E-state index contributed by atoms with van der Waals surface area (Å²) in [6, 6.07) is 7.11. The molecule has 0 saturated heterocycles. The normalized spacial score (nSPS) is 13.0. The number of hydrogen-bond donors (Lipinski definition) is 1. The summed E-state index contributed by atoms with van der Waals surface area (Å²) < 4.78 is 95.8. The summed E-state index contributed by atoms with van der Waals surface area (Å²) in [4.78, 5) is 0. The molecular formula is C20H22F3NO7S2. The van der Waals surface area contributed by atoms with Crippen molar-refractivity contribution < 1.29 is 45.1 Å². The Bertz CT molecular complexity index is 1080. The first-order chi connectivity index (χ1) is 15.4. The van der Waals surface area contributed by atoms with Crippen molar-refractivity contribution in [3.63, 3.8) is 0 Å². The molecule has 8 nitrogen and oxygen atoms in total. The van der Waals surface area contributed by atoms with Gasteiger partial charge in [-0.3, -0.25) is 4.72 Å². The highest BCUT2D eigenvalue weighted by molar-refractivity contribution is 7.93. The van der Waals surface area contributed by atoms with Gasteiger partial charge in [-0.25, -0.2) is 0 Å². The van der Waals surface area contributed by atoms with E-state index in [0.717, 1.165) is 6.07 Å². The van der Waals surface area contributed by atoms with Crippen molar-refractivity contribution in [3.8, 4) is 23.0 Å². The van der Waals surface area contributed by atoms with Crippen LogP contribution in [0.3, 0.4) is 0 Å². The summed E-state index contributed by atoms with van der Waals surface area (Å²) in [6.45, 7) is 0. The molecule has 0 heterocycles. The maximum atomic E-state index is 12.7. The number of ether oxygens (including phenoxy) is 4. The number of sulfonamides is 1.